The first-order valence-electron chi connectivity index (χ1n) is 7.85. The Morgan fingerprint density at radius 2 is 1.91 bits per heavy atom. The first-order chi connectivity index (χ1) is 10.6. The fraction of sp³-hybridized carbons (Fsp3) is 0.444. The highest BCUT2D eigenvalue weighted by atomic mass is 16.1. The van der Waals surface area contributed by atoms with Crippen LogP contribution >= 0.6 is 0 Å². The van der Waals surface area contributed by atoms with Crippen LogP contribution in [0.25, 0.3) is 0 Å². The highest BCUT2D eigenvalue weighted by Gasteiger charge is 2.14. The van der Waals surface area contributed by atoms with Crippen LogP contribution in [-0.4, -0.2) is 23.9 Å². The van der Waals surface area contributed by atoms with Gasteiger partial charge < -0.3 is 10.2 Å². The Kier molecular flexibility index (Phi) is 5.60. The second kappa shape index (κ2) is 7.65. The molecule has 116 valence electrons. The second-order valence-electron chi connectivity index (χ2n) is 5.81. The molecule has 1 saturated heterocycles. The molecule has 22 heavy (non-hydrogen) atoms. The van der Waals surface area contributed by atoms with Crippen LogP contribution in [0.3, 0.4) is 0 Å². The van der Waals surface area contributed by atoms with Crippen molar-refractivity contribution >= 4 is 11.6 Å². The number of benzene rings is 1. The van der Waals surface area contributed by atoms with Gasteiger partial charge >= 0.3 is 0 Å². The van der Waals surface area contributed by atoms with Gasteiger partial charge in [0.2, 0.25) is 0 Å². The zero-order chi connectivity index (χ0) is 15.9. The lowest BCUT2D eigenvalue weighted by Gasteiger charge is -2.18. The number of carbonyl (C=O) groups is 1. The van der Waals surface area contributed by atoms with Crippen LogP contribution in [0.2, 0.25) is 0 Å². The number of hydrogen-bond donors (Lipinski definition) is 1. The molecule has 1 fully saturated rings. The van der Waals surface area contributed by atoms with E-state index < -0.39 is 0 Å². The Morgan fingerprint density at radius 3 is 2.55 bits per heavy atom. The van der Waals surface area contributed by atoms with Crippen LogP contribution in [-0.2, 0) is 4.79 Å². The molecular formula is C18H23N3O. The normalized spacial score (nSPS) is 15.9. The lowest BCUT2D eigenvalue weighted by atomic mass is 10.1. The van der Waals surface area contributed by atoms with Crippen LogP contribution in [0.5, 0.6) is 0 Å². The molecule has 0 aliphatic carbocycles. The molecule has 0 bridgehead atoms. The van der Waals surface area contributed by atoms with Gasteiger partial charge in [-0.2, -0.15) is 5.26 Å². The van der Waals surface area contributed by atoms with Gasteiger partial charge in [0.1, 0.15) is 11.6 Å². The van der Waals surface area contributed by atoms with Crippen molar-refractivity contribution in [3.05, 3.63) is 41.1 Å². The van der Waals surface area contributed by atoms with Crippen LogP contribution in [0, 0.1) is 25.2 Å². The lowest BCUT2D eigenvalue weighted by Crippen LogP contribution is -2.22. The summed E-state index contributed by atoms with van der Waals surface area (Å²) in [4.78, 5) is 14.4. The molecule has 1 heterocycles. The van der Waals surface area contributed by atoms with Crippen molar-refractivity contribution in [2.24, 2.45) is 0 Å². The number of anilines is 1. The maximum absolute atomic E-state index is 12.3. The van der Waals surface area contributed by atoms with Crippen LogP contribution in [0.1, 0.15) is 36.8 Å². The maximum atomic E-state index is 12.3. The molecule has 4 heteroatoms. The van der Waals surface area contributed by atoms with Crippen molar-refractivity contribution in [1.29, 1.82) is 5.26 Å². The van der Waals surface area contributed by atoms with E-state index in [0.717, 1.165) is 42.7 Å². The molecule has 0 saturated carbocycles. The highest BCUT2D eigenvalue weighted by molar-refractivity contribution is 6.06. The van der Waals surface area contributed by atoms with E-state index in [4.69, 9.17) is 0 Å². The van der Waals surface area contributed by atoms with Gasteiger partial charge in [-0.05, 0) is 43.9 Å². The smallest absolute Gasteiger partial charge is 0.267 e. The van der Waals surface area contributed by atoms with E-state index in [1.807, 2.05) is 38.1 Å². The first-order valence-corrected chi connectivity index (χ1v) is 7.85. The number of likely N-dealkylation sites (tertiary alicyclic amines) is 1. The van der Waals surface area contributed by atoms with E-state index in [1.165, 1.54) is 12.8 Å². The van der Waals surface area contributed by atoms with E-state index in [-0.39, 0.29) is 11.5 Å². The van der Waals surface area contributed by atoms with Gasteiger partial charge in [0.25, 0.3) is 5.91 Å². The number of nitriles is 1. The SMILES string of the molecule is Cc1cccc(NC(=O)/C(C#N)=C\N2CCCCCC2)c1C. The topological polar surface area (TPSA) is 56.1 Å². The third-order valence-electron chi connectivity index (χ3n) is 4.17. The zero-order valence-electron chi connectivity index (χ0n) is 13.4. The molecule has 1 aromatic rings. The third-order valence-corrected chi connectivity index (χ3v) is 4.17. The molecular weight excluding hydrogens is 274 g/mol. The number of aryl methyl sites for hydroxylation is 1. The number of rotatable bonds is 3. The summed E-state index contributed by atoms with van der Waals surface area (Å²) in [6.07, 6.45) is 6.40. The Balaban J connectivity index is 2.11. The van der Waals surface area contributed by atoms with Gasteiger partial charge in [0.05, 0.1) is 0 Å². The molecule has 0 radical (unpaired) electrons. The van der Waals surface area contributed by atoms with Gasteiger partial charge in [-0.3, -0.25) is 4.79 Å². The largest absolute Gasteiger partial charge is 0.376 e. The number of carbonyl (C=O) groups excluding carboxylic acids is 1. The van der Waals surface area contributed by atoms with Crippen LogP contribution < -0.4 is 5.32 Å². The maximum Gasteiger partial charge on any atom is 0.267 e. The number of nitrogens with zero attached hydrogens (tertiary/aromatic N) is 2. The van der Waals surface area contributed by atoms with Crippen molar-refractivity contribution < 1.29 is 4.79 Å². The molecule has 4 nitrogen and oxygen atoms in total. The monoisotopic (exact) mass is 297 g/mol. The Hall–Kier alpha value is -2.28. The summed E-state index contributed by atoms with van der Waals surface area (Å²) in [7, 11) is 0. The molecule has 1 aliphatic heterocycles. The third kappa shape index (κ3) is 4.11. The Morgan fingerprint density at radius 1 is 1.23 bits per heavy atom. The predicted octanol–water partition coefficient (Wildman–Crippen LogP) is 3.53. The van der Waals surface area contributed by atoms with Gasteiger partial charge in [-0.25, -0.2) is 0 Å². The standard InChI is InChI=1S/C18H23N3O/c1-14-8-7-9-17(15(14)2)20-18(22)16(12-19)13-21-10-5-3-4-6-11-21/h7-9,13H,3-6,10-11H2,1-2H3,(H,20,22)/b16-13-. The molecule has 1 aromatic carbocycles. The summed E-state index contributed by atoms with van der Waals surface area (Å²) >= 11 is 0. The zero-order valence-corrected chi connectivity index (χ0v) is 13.4. The van der Waals surface area contributed by atoms with Crippen molar-refractivity contribution in [1.82, 2.24) is 4.90 Å². The first kappa shape index (κ1) is 16.1. The molecule has 2 rings (SSSR count). The highest BCUT2D eigenvalue weighted by Crippen LogP contribution is 2.19. The van der Waals surface area contributed by atoms with Crippen molar-refractivity contribution in [3.8, 4) is 6.07 Å². The summed E-state index contributed by atoms with van der Waals surface area (Å²) in [5, 5.41) is 12.1. The predicted molar refractivity (Wildman–Crippen MR) is 88.3 cm³/mol. The average Bonchev–Trinajstić information content (AvgIpc) is 2.78. The van der Waals surface area contributed by atoms with Crippen molar-refractivity contribution in [2.45, 2.75) is 39.5 Å². The molecule has 0 unspecified atom stereocenters. The molecule has 1 aliphatic rings. The molecule has 1 amide bonds. The van der Waals surface area contributed by atoms with E-state index in [1.54, 1.807) is 6.20 Å². The number of amides is 1. The summed E-state index contributed by atoms with van der Waals surface area (Å²) in [6.45, 7) is 5.81. The molecule has 0 spiro atoms. The van der Waals surface area contributed by atoms with Crippen molar-refractivity contribution in [2.75, 3.05) is 18.4 Å². The summed E-state index contributed by atoms with van der Waals surface area (Å²) in [5.74, 6) is -0.333. The number of nitrogens with one attached hydrogen (secondary N) is 1. The van der Waals surface area contributed by atoms with Gasteiger partial charge in [0.15, 0.2) is 0 Å². The van der Waals surface area contributed by atoms with Crippen LogP contribution in [0.15, 0.2) is 30.0 Å². The van der Waals surface area contributed by atoms with E-state index in [9.17, 15) is 10.1 Å². The lowest BCUT2D eigenvalue weighted by molar-refractivity contribution is -0.112. The molecule has 0 aromatic heterocycles. The Bertz CT molecular complexity index is 605. The molecule has 0 atom stereocenters. The Labute approximate surface area is 132 Å². The van der Waals surface area contributed by atoms with Gasteiger partial charge in [-0.1, -0.05) is 25.0 Å². The van der Waals surface area contributed by atoms with Gasteiger partial charge in [-0.15, -0.1) is 0 Å². The van der Waals surface area contributed by atoms with Crippen molar-refractivity contribution in [3.63, 3.8) is 0 Å². The summed E-state index contributed by atoms with van der Waals surface area (Å²) in [6, 6.07) is 7.80. The van der Waals surface area contributed by atoms with E-state index in [2.05, 4.69) is 10.2 Å². The van der Waals surface area contributed by atoms with E-state index in [0.29, 0.717) is 0 Å². The van der Waals surface area contributed by atoms with E-state index >= 15 is 0 Å². The minimum Gasteiger partial charge on any atom is -0.376 e. The fourth-order valence-corrected chi connectivity index (χ4v) is 2.62. The minimum absolute atomic E-state index is 0.169. The average molecular weight is 297 g/mol. The quantitative estimate of drug-likeness (QED) is 0.686. The summed E-state index contributed by atoms with van der Waals surface area (Å²) < 4.78 is 0. The summed E-state index contributed by atoms with van der Waals surface area (Å²) in [5.41, 5.74) is 3.08. The van der Waals surface area contributed by atoms with Crippen LogP contribution in [0.4, 0.5) is 5.69 Å². The second-order valence-corrected chi connectivity index (χ2v) is 5.81. The fourth-order valence-electron chi connectivity index (χ4n) is 2.62. The molecule has 1 N–H and O–H groups in total. The number of hydrogen-bond acceptors (Lipinski definition) is 3. The minimum atomic E-state index is -0.333. The van der Waals surface area contributed by atoms with Gasteiger partial charge in [0, 0.05) is 25.0 Å².